The quantitative estimate of drug-likeness (QED) is 0.844. The summed E-state index contributed by atoms with van der Waals surface area (Å²) in [7, 11) is 0. The lowest BCUT2D eigenvalue weighted by molar-refractivity contribution is -0.133. The third-order valence-corrected chi connectivity index (χ3v) is 3.62. The van der Waals surface area contributed by atoms with Gasteiger partial charge < -0.3 is 15.2 Å². The van der Waals surface area contributed by atoms with Crippen LogP contribution in [0.25, 0.3) is 0 Å². The molecule has 1 aliphatic rings. The summed E-state index contributed by atoms with van der Waals surface area (Å²) in [5.41, 5.74) is 0.440. The number of halogens is 1. The maximum Gasteiger partial charge on any atom is 0.256 e. The summed E-state index contributed by atoms with van der Waals surface area (Å²) < 4.78 is 5.53. The first-order valence-corrected chi connectivity index (χ1v) is 7.28. The molecule has 0 bridgehead atoms. The van der Waals surface area contributed by atoms with Gasteiger partial charge in [0, 0.05) is 23.6 Å². The number of carbonyl (C=O) groups is 1. The van der Waals surface area contributed by atoms with Crippen molar-refractivity contribution in [2.24, 2.45) is 0 Å². The smallest absolute Gasteiger partial charge is 0.256 e. The molecule has 1 fully saturated rings. The van der Waals surface area contributed by atoms with E-state index in [-0.39, 0.29) is 12.5 Å². The largest absolute Gasteiger partial charge is 0.395 e. The van der Waals surface area contributed by atoms with Gasteiger partial charge in [-0.1, -0.05) is 23.4 Å². The molecule has 5 heteroatoms. The SMILES string of the molecule is CC1(C(=O)Nc2cc(Cl)ccc2C#CCCO)CCCO1. The van der Waals surface area contributed by atoms with Gasteiger partial charge in [-0.2, -0.15) is 0 Å². The number of amides is 1. The van der Waals surface area contributed by atoms with Gasteiger partial charge in [0.05, 0.1) is 12.3 Å². The molecule has 0 spiro atoms. The molecule has 1 aliphatic heterocycles. The Bertz CT molecular complexity index is 583. The Morgan fingerprint density at radius 3 is 3.05 bits per heavy atom. The number of hydrogen-bond donors (Lipinski definition) is 2. The molecule has 0 radical (unpaired) electrons. The molecule has 1 heterocycles. The van der Waals surface area contributed by atoms with Crippen molar-refractivity contribution in [3.05, 3.63) is 28.8 Å². The minimum Gasteiger partial charge on any atom is -0.395 e. The number of ether oxygens (including phenoxy) is 1. The molecule has 1 amide bonds. The van der Waals surface area contributed by atoms with E-state index in [1.54, 1.807) is 25.1 Å². The van der Waals surface area contributed by atoms with E-state index < -0.39 is 5.60 Å². The number of hydrogen-bond acceptors (Lipinski definition) is 3. The molecule has 0 aliphatic carbocycles. The molecule has 1 atom stereocenters. The average molecular weight is 308 g/mol. The summed E-state index contributed by atoms with van der Waals surface area (Å²) in [6.45, 7) is 2.40. The molecule has 2 N–H and O–H groups in total. The second kappa shape index (κ2) is 6.95. The summed E-state index contributed by atoms with van der Waals surface area (Å²) in [5, 5.41) is 12.1. The van der Waals surface area contributed by atoms with Crippen molar-refractivity contribution in [2.45, 2.75) is 31.8 Å². The zero-order valence-electron chi connectivity index (χ0n) is 11.9. The van der Waals surface area contributed by atoms with Crippen LogP contribution in [-0.2, 0) is 9.53 Å². The summed E-state index contributed by atoms with van der Waals surface area (Å²) in [6, 6.07) is 5.13. The van der Waals surface area contributed by atoms with Gasteiger partial charge in [0.25, 0.3) is 5.91 Å². The first kappa shape index (κ1) is 15.8. The average Bonchev–Trinajstić information content (AvgIpc) is 2.90. The van der Waals surface area contributed by atoms with E-state index in [4.69, 9.17) is 21.4 Å². The predicted octanol–water partition coefficient (Wildman–Crippen LogP) is 2.58. The number of nitrogens with one attached hydrogen (secondary N) is 1. The highest BCUT2D eigenvalue weighted by atomic mass is 35.5. The minimum absolute atomic E-state index is 0.00813. The van der Waals surface area contributed by atoms with Gasteiger partial charge in [0.15, 0.2) is 0 Å². The van der Waals surface area contributed by atoms with Crippen LogP contribution in [-0.4, -0.2) is 29.8 Å². The predicted molar refractivity (Wildman–Crippen MR) is 82.3 cm³/mol. The highest BCUT2D eigenvalue weighted by Gasteiger charge is 2.37. The van der Waals surface area contributed by atoms with E-state index in [9.17, 15) is 4.79 Å². The number of rotatable bonds is 3. The molecule has 0 saturated carbocycles. The van der Waals surface area contributed by atoms with Crippen molar-refractivity contribution in [1.29, 1.82) is 0 Å². The Hall–Kier alpha value is -1.54. The van der Waals surface area contributed by atoms with Crippen LogP contribution in [0.5, 0.6) is 0 Å². The Morgan fingerprint density at radius 1 is 1.57 bits per heavy atom. The Morgan fingerprint density at radius 2 is 2.38 bits per heavy atom. The first-order valence-electron chi connectivity index (χ1n) is 6.90. The fourth-order valence-electron chi connectivity index (χ4n) is 2.16. The Kier molecular flexibility index (Phi) is 5.24. The molecule has 0 aromatic heterocycles. The lowest BCUT2D eigenvalue weighted by atomic mass is 10.0. The van der Waals surface area contributed by atoms with E-state index in [1.165, 1.54) is 0 Å². The van der Waals surface area contributed by atoms with Crippen molar-refractivity contribution in [1.82, 2.24) is 0 Å². The van der Waals surface area contributed by atoms with E-state index in [0.29, 0.717) is 35.7 Å². The third-order valence-electron chi connectivity index (χ3n) is 3.39. The van der Waals surface area contributed by atoms with E-state index in [2.05, 4.69) is 17.2 Å². The van der Waals surface area contributed by atoms with Crippen LogP contribution in [0.1, 0.15) is 31.7 Å². The molecular weight excluding hydrogens is 290 g/mol. The summed E-state index contributed by atoms with van der Waals surface area (Å²) in [6.07, 6.45) is 1.96. The number of aliphatic hydroxyl groups is 1. The van der Waals surface area contributed by atoms with Crippen molar-refractivity contribution in [3.8, 4) is 11.8 Å². The molecular formula is C16H18ClNO3. The molecule has 112 valence electrons. The third kappa shape index (κ3) is 3.98. The number of anilines is 1. The van der Waals surface area contributed by atoms with Gasteiger partial charge in [0.1, 0.15) is 5.60 Å². The van der Waals surface area contributed by atoms with E-state index in [0.717, 1.165) is 6.42 Å². The van der Waals surface area contributed by atoms with Crippen molar-refractivity contribution in [2.75, 3.05) is 18.5 Å². The summed E-state index contributed by atoms with van der Waals surface area (Å²) >= 11 is 5.99. The van der Waals surface area contributed by atoms with Gasteiger partial charge in [-0.15, -0.1) is 0 Å². The molecule has 1 unspecified atom stereocenters. The maximum atomic E-state index is 12.4. The standard InChI is InChI=1S/C16H18ClNO3/c1-16(8-4-10-21-16)15(20)18-14-11-13(17)7-6-12(14)5-2-3-9-19/h6-7,11,19H,3-4,8-10H2,1H3,(H,18,20). The zero-order valence-corrected chi connectivity index (χ0v) is 12.7. The van der Waals surface area contributed by atoms with E-state index >= 15 is 0 Å². The van der Waals surface area contributed by atoms with Gasteiger partial charge in [-0.3, -0.25) is 4.79 Å². The topological polar surface area (TPSA) is 58.6 Å². The fraction of sp³-hybridized carbons (Fsp3) is 0.438. The fourth-order valence-corrected chi connectivity index (χ4v) is 2.33. The van der Waals surface area contributed by atoms with Crippen molar-refractivity contribution < 1.29 is 14.6 Å². The molecule has 1 aromatic rings. The van der Waals surface area contributed by atoms with Crippen LogP contribution in [0, 0.1) is 11.8 Å². The van der Waals surface area contributed by atoms with Crippen LogP contribution in [0.3, 0.4) is 0 Å². The maximum absolute atomic E-state index is 12.4. The molecule has 1 aromatic carbocycles. The Balaban J connectivity index is 2.20. The van der Waals surface area contributed by atoms with Gasteiger partial charge >= 0.3 is 0 Å². The zero-order chi connectivity index (χ0) is 15.3. The number of carbonyl (C=O) groups excluding carboxylic acids is 1. The van der Waals surface area contributed by atoms with Crippen LogP contribution < -0.4 is 5.32 Å². The van der Waals surface area contributed by atoms with E-state index in [1.807, 2.05) is 0 Å². The van der Waals surface area contributed by atoms with Crippen LogP contribution in [0.2, 0.25) is 5.02 Å². The first-order chi connectivity index (χ1) is 10.0. The van der Waals surface area contributed by atoms with Crippen molar-refractivity contribution in [3.63, 3.8) is 0 Å². The molecule has 1 saturated heterocycles. The van der Waals surface area contributed by atoms with Gasteiger partial charge in [-0.05, 0) is 38.0 Å². The molecule has 2 rings (SSSR count). The second-order valence-electron chi connectivity index (χ2n) is 5.10. The normalized spacial score (nSPS) is 20.7. The molecule has 21 heavy (non-hydrogen) atoms. The van der Waals surface area contributed by atoms with Gasteiger partial charge in [0.2, 0.25) is 0 Å². The van der Waals surface area contributed by atoms with Crippen LogP contribution >= 0.6 is 11.6 Å². The van der Waals surface area contributed by atoms with Crippen LogP contribution in [0.4, 0.5) is 5.69 Å². The number of benzene rings is 1. The monoisotopic (exact) mass is 307 g/mol. The lowest BCUT2D eigenvalue weighted by Crippen LogP contribution is -2.39. The summed E-state index contributed by atoms with van der Waals surface area (Å²) in [4.78, 5) is 12.4. The summed E-state index contributed by atoms with van der Waals surface area (Å²) in [5.74, 6) is 5.58. The molecule has 4 nitrogen and oxygen atoms in total. The van der Waals surface area contributed by atoms with Crippen molar-refractivity contribution >= 4 is 23.2 Å². The highest BCUT2D eigenvalue weighted by molar-refractivity contribution is 6.31. The Labute approximate surface area is 129 Å². The number of aliphatic hydroxyl groups excluding tert-OH is 1. The minimum atomic E-state index is -0.794. The highest BCUT2D eigenvalue weighted by Crippen LogP contribution is 2.28. The lowest BCUT2D eigenvalue weighted by Gasteiger charge is -2.22. The second-order valence-corrected chi connectivity index (χ2v) is 5.54. The van der Waals surface area contributed by atoms with Crippen LogP contribution in [0.15, 0.2) is 18.2 Å². The van der Waals surface area contributed by atoms with Gasteiger partial charge in [-0.25, -0.2) is 0 Å².